The first-order chi connectivity index (χ1) is 31.7. The van der Waals surface area contributed by atoms with Crippen LogP contribution < -0.4 is 0 Å². The zero-order valence-corrected chi connectivity index (χ0v) is 42.5. The van der Waals surface area contributed by atoms with Gasteiger partial charge in [0.15, 0.2) is 0 Å². The van der Waals surface area contributed by atoms with E-state index < -0.39 is 16.1 Å². The SMILES string of the molecule is CC(C)[Si](C#Cc1c2nc3c(nc2c(C#C[Si](C(C)C)(C(C)C)C(C)C)c2nc4c(nc12)c1c2ccccc2c4c2ccccc21)c1c2ccccc2c3c2ccccc21)(C(C)C)C(C)C. The molecule has 0 aliphatic rings. The molecule has 4 nitrogen and oxygen atoms in total. The highest BCUT2D eigenvalue weighted by Crippen LogP contribution is 2.48. The van der Waals surface area contributed by atoms with Crippen LogP contribution in [0.25, 0.3) is 109 Å². The van der Waals surface area contributed by atoms with Gasteiger partial charge in [-0.15, -0.1) is 11.1 Å². The maximum absolute atomic E-state index is 5.88. The molecular weight excluding hydrogens is 833 g/mol. The second-order valence-corrected chi connectivity index (χ2v) is 32.1. The van der Waals surface area contributed by atoms with Gasteiger partial charge in [0.2, 0.25) is 0 Å². The summed E-state index contributed by atoms with van der Waals surface area (Å²) < 4.78 is 0. The number of nitrogens with zero attached hydrogens (tertiary/aromatic N) is 4. The van der Waals surface area contributed by atoms with Gasteiger partial charge < -0.3 is 0 Å². The van der Waals surface area contributed by atoms with Crippen LogP contribution in [0.1, 0.15) is 94.2 Å². The summed E-state index contributed by atoms with van der Waals surface area (Å²) in [6, 6.07) is 35.1. The average molecular weight is 891 g/mol. The van der Waals surface area contributed by atoms with Crippen molar-refractivity contribution in [2.24, 2.45) is 0 Å². The van der Waals surface area contributed by atoms with Gasteiger partial charge in [-0.1, -0.05) is 192 Å². The third-order valence-electron chi connectivity index (χ3n) is 16.1. The second-order valence-electron chi connectivity index (χ2n) is 21.0. The zero-order valence-electron chi connectivity index (χ0n) is 40.5. The maximum atomic E-state index is 5.88. The van der Waals surface area contributed by atoms with Crippen molar-refractivity contribution in [3.8, 4) is 22.9 Å². The van der Waals surface area contributed by atoms with E-state index in [2.05, 4.69) is 203 Å². The van der Waals surface area contributed by atoms with E-state index in [4.69, 9.17) is 19.9 Å². The number of rotatable bonds is 6. The first kappa shape index (κ1) is 42.4. The van der Waals surface area contributed by atoms with E-state index in [0.29, 0.717) is 33.2 Å². The predicted molar refractivity (Wildman–Crippen MR) is 291 cm³/mol. The Morgan fingerprint density at radius 1 is 0.288 bits per heavy atom. The van der Waals surface area contributed by atoms with Gasteiger partial charge in [-0.25, -0.2) is 19.9 Å². The van der Waals surface area contributed by atoms with E-state index in [1.165, 1.54) is 43.1 Å². The minimum atomic E-state index is -2.25. The topological polar surface area (TPSA) is 51.6 Å². The van der Waals surface area contributed by atoms with Crippen molar-refractivity contribution in [2.45, 2.75) is 116 Å². The fourth-order valence-electron chi connectivity index (χ4n) is 13.2. The van der Waals surface area contributed by atoms with E-state index in [1.54, 1.807) is 0 Å². The molecule has 326 valence electrons. The fourth-order valence-corrected chi connectivity index (χ4v) is 23.6. The Bertz CT molecular complexity index is 3310. The molecule has 2 heterocycles. The smallest absolute Gasteiger partial charge is 0.146 e. The Kier molecular flexibility index (Phi) is 9.76. The standard InChI is InChI=1S/C60H58N4Si2/c1-33(2)65(34(3)4,35(5)6)31-29-47-53-55(63-59-51-43-25-17-13-21-39(43)49(57(59)61-53)40-22-14-18-26-44(40)51)48(30-32-66(36(7)8,37(9)10)38(11)12)56-54(47)62-58-50-41-23-15-19-27-45(41)52(60(58)64-56)46-28-20-16-24-42(46)50/h13-28,33-38H,1-12H3. The molecule has 0 atom stereocenters. The Labute approximate surface area is 390 Å². The predicted octanol–water partition coefficient (Wildman–Crippen LogP) is 16.8. The van der Waals surface area contributed by atoms with Crippen LogP contribution in [-0.4, -0.2) is 36.1 Å². The van der Waals surface area contributed by atoms with E-state index in [0.717, 1.165) is 76.8 Å². The van der Waals surface area contributed by atoms with Crippen molar-refractivity contribution in [1.29, 1.82) is 0 Å². The summed E-state index contributed by atoms with van der Waals surface area (Å²) >= 11 is 0. The summed E-state index contributed by atoms with van der Waals surface area (Å²) in [4.78, 5) is 23.5. The number of fused-ring (bicyclic) bond motifs is 2. The molecule has 0 aliphatic carbocycles. The Morgan fingerprint density at radius 2 is 0.470 bits per heavy atom. The molecule has 11 aromatic carbocycles. The third kappa shape index (κ3) is 5.65. The Hall–Kier alpha value is -6.19. The van der Waals surface area contributed by atoms with E-state index in [-0.39, 0.29) is 0 Å². The number of hydrogen-bond donors (Lipinski definition) is 0. The number of benzene rings is 11. The quantitative estimate of drug-likeness (QED) is 0.0948. The lowest BCUT2D eigenvalue weighted by Gasteiger charge is -2.38. The van der Waals surface area contributed by atoms with Crippen molar-refractivity contribution < 1.29 is 0 Å². The van der Waals surface area contributed by atoms with Gasteiger partial charge in [0, 0.05) is 21.5 Å². The molecule has 0 unspecified atom stereocenters. The molecule has 0 radical (unpaired) electrons. The molecule has 0 N–H and O–H groups in total. The van der Waals surface area contributed by atoms with Gasteiger partial charge in [-0.3, -0.25) is 0 Å². The molecule has 66 heavy (non-hydrogen) atoms. The molecule has 0 fully saturated rings. The van der Waals surface area contributed by atoms with Crippen molar-refractivity contribution in [2.75, 3.05) is 0 Å². The van der Waals surface area contributed by atoms with Crippen molar-refractivity contribution in [1.82, 2.24) is 19.9 Å². The van der Waals surface area contributed by atoms with Gasteiger partial charge in [-0.05, 0) is 76.3 Å². The van der Waals surface area contributed by atoms with Gasteiger partial charge in [0.25, 0.3) is 0 Å². The highest BCUT2D eigenvalue weighted by molar-refractivity contribution is 6.91. The highest BCUT2D eigenvalue weighted by atomic mass is 28.3. The summed E-state index contributed by atoms with van der Waals surface area (Å²) in [7, 11) is -4.50. The molecule has 0 amide bonds. The molecule has 0 saturated heterocycles. The second kappa shape index (κ2) is 15.2. The lowest BCUT2D eigenvalue weighted by atomic mass is 9.89. The van der Waals surface area contributed by atoms with Crippen LogP contribution in [0.5, 0.6) is 0 Å². The van der Waals surface area contributed by atoms with Gasteiger partial charge in [0.05, 0.1) is 33.2 Å². The summed E-state index contributed by atoms with van der Waals surface area (Å²) in [6.07, 6.45) is 0. The maximum Gasteiger partial charge on any atom is 0.146 e. The van der Waals surface area contributed by atoms with Crippen molar-refractivity contribution in [3.05, 3.63) is 108 Å². The lowest BCUT2D eigenvalue weighted by molar-refractivity contribution is 0.838. The van der Waals surface area contributed by atoms with Gasteiger partial charge in [-0.2, -0.15) is 0 Å². The van der Waals surface area contributed by atoms with Crippen LogP contribution in [0.4, 0.5) is 0 Å². The van der Waals surface area contributed by atoms with Gasteiger partial charge >= 0.3 is 0 Å². The largest absolute Gasteiger partial charge is 0.242 e. The number of aromatic nitrogens is 4. The van der Waals surface area contributed by atoms with Crippen LogP contribution in [0, 0.1) is 22.9 Å². The molecule has 13 aromatic rings. The first-order valence-electron chi connectivity index (χ1n) is 24.3. The first-order valence-corrected chi connectivity index (χ1v) is 28.7. The lowest BCUT2D eigenvalue weighted by Crippen LogP contribution is -2.43. The van der Waals surface area contributed by atoms with Crippen LogP contribution >= 0.6 is 0 Å². The summed E-state index contributed by atoms with van der Waals surface area (Å²) in [5, 5.41) is 14.1. The molecule has 6 heteroatoms. The summed E-state index contributed by atoms with van der Waals surface area (Å²) in [6.45, 7) is 28.6. The van der Waals surface area contributed by atoms with Crippen molar-refractivity contribution in [3.63, 3.8) is 0 Å². The molecule has 4 bridgehead atoms. The van der Waals surface area contributed by atoms with Crippen LogP contribution in [0.3, 0.4) is 0 Å². The molecule has 0 saturated carbocycles. The highest BCUT2D eigenvalue weighted by Gasteiger charge is 2.43. The van der Waals surface area contributed by atoms with Crippen molar-refractivity contribution >= 4 is 125 Å². The van der Waals surface area contributed by atoms with Crippen LogP contribution in [0.15, 0.2) is 97.1 Å². The average Bonchev–Trinajstić information content (AvgIpc) is 3.30. The van der Waals surface area contributed by atoms with Crippen LogP contribution in [0.2, 0.25) is 33.2 Å². The monoisotopic (exact) mass is 890 g/mol. The Morgan fingerprint density at radius 3 is 0.636 bits per heavy atom. The third-order valence-corrected chi connectivity index (χ3v) is 28.7. The van der Waals surface area contributed by atoms with Gasteiger partial charge in [0.1, 0.15) is 38.2 Å². The van der Waals surface area contributed by atoms with E-state index >= 15 is 0 Å². The molecule has 0 aliphatic heterocycles. The number of hydrogen-bond acceptors (Lipinski definition) is 4. The summed E-state index contributed by atoms with van der Waals surface area (Å²) in [5.74, 6) is 7.97. The normalized spacial score (nSPS) is 13.1. The van der Waals surface area contributed by atoms with E-state index in [9.17, 15) is 0 Å². The molecular formula is C60H58N4Si2. The molecule has 2 aromatic heterocycles. The van der Waals surface area contributed by atoms with Crippen LogP contribution in [-0.2, 0) is 0 Å². The molecule has 0 spiro atoms. The summed E-state index contributed by atoms with van der Waals surface area (Å²) in [5.41, 5.74) is 19.3. The Balaban J connectivity index is 1.43. The molecule has 13 rings (SSSR count). The zero-order chi connectivity index (χ0) is 46.1. The minimum Gasteiger partial charge on any atom is -0.242 e. The van der Waals surface area contributed by atoms with E-state index in [1.807, 2.05) is 0 Å². The fraction of sp³-hybridized carbons (Fsp3) is 0.300. The minimum absolute atomic E-state index is 0.443.